The van der Waals surface area contributed by atoms with Gasteiger partial charge in [-0.25, -0.2) is 4.68 Å². The first-order valence-electron chi connectivity index (χ1n) is 15.9. The molecule has 0 aliphatic carbocycles. The van der Waals surface area contributed by atoms with Gasteiger partial charge in [-0.1, -0.05) is 38.1 Å². The van der Waals surface area contributed by atoms with Crippen LogP contribution in [0.25, 0.3) is 23.0 Å². The van der Waals surface area contributed by atoms with Crippen molar-refractivity contribution >= 4 is 17.9 Å². The fourth-order valence-corrected chi connectivity index (χ4v) is 5.56. The molecular formula is C39H40N4O5. The van der Waals surface area contributed by atoms with Gasteiger partial charge in [0.05, 0.1) is 32.2 Å². The normalized spacial score (nSPS) is 14.1. The van der Waals surface area contributed by atoms with Crippen LogP contribution in [0.4, 0.5) is 0 Å². The van der Waals surface area contributed by atoms with E-state index in [4.69, 9.17) is 19.3 Å². The number of aromatic nitrogens is 2. The molecule has 3 aromatic carbocycles. The predicted octanol–water partition coefficient (Wildman–Crippen LogP) is 7.12. The Morgan fingerprint density at radius 1 is 0.917 bits per heavy atom. The Balaban J connectivity index is 1.53. The lowest BCUT2D eigenvalue weighted by Gasteiger charge is -2.27. The maximum atomic E-state index is 14.0. The van der Waals surface area contributed by atoms with Crippen molar-refractivity contribution in [1.29, 1.82) is 5.26 Å². The summed E-state index contributed by atoms with van der Waals surface area (Å²) in [5.41, 5.74) is 5.35. The van der Waals surface area contributed by atoms with Crippen LogP contribution in [0.15, 0.2) is 89.6 Å². The van der Waals surface area contributed by atoms with Crippen LogP contribution < -0.4 is 14.2 Å². The molecule has 1 aliphatic rings. The first-order chi connectivity index (χ1) is 23.1. The highest BCUT2D eigenvalue weighted by atomic mass is 16.5. The molecule has 246 valence electrons. The predicted molar refractivity (Wildman–Crippen MR) is 185 cm³/mol. The van der Waals surface area contributed by atoms with E-state index in [0.29, 0.717) is 47.3 Å². The molecule has 0 saturated carbocycles. The van der Waals surface area contributed by atoms with E-state index in [1.807, 2.05) is 79.9 Å². The molecule has 9 heteroatoms. The number of hydrogen-bond donors (Lipinski definition) is 0. The number of aryl methyl sites for hydroxylation is 1. The lowest BCUT2D eigenvalue weighted by atomic mass is 9.93. The quantitative estimate of drug-likeness (QED) is 0.119. The van der Waals surface area contributed by atoms with Crippen molar-refractivity contribution < 1.29 is 23.8 Å². The molecule has 2 heterocycles. The van der Waals surface area contributed by atoms with Gasteiger partial charge in [0.2, 0.25) is 0 Å². The minimum atomic E-state index is -0.610. The fourth-order valence-electron chi connectivity index (χ4n) is 5.56. The van der Waals surface area contributed by atoms with E-state index in [1.165, 1.54) is 0 Å². The smallest absolute Gasteiger partial charge is 0.271 e. The van der Waals surface area contributed by atoms with Crippen molar-refractivity contribution in [3.63, 3.8) is 0 Å². The van der Waals surface area contributed by atoms with Crippen molar-refractivity contribution in [2.24, 2.45) is 5.92 Å². The zero-order valence-corrected chi connectivity index (χ0v) is 28.2. The number of amides is 2. The zero-order chi connectivity index (χ0) is 34.4. The van der Waals surface area contributed by atoms with Crippen LogP contribution in [0.2, 0.25) is 0 Å². The number of nitriles is 1. The van der Waals surface area contributed by atoms with E-state index >= 15 is 0 Å². The summed E-state index contributed by atoms with van der Waals surface area (Å²) in [5, 5.41) is 15.0. The molecule has 4 aromatic rings. The Kier molecular flexibility index (Phi) is 10.4. The maximum Gasteiger partial charge on any atom is 0.271 e. The molecule has 1 aliphatic heterocycles. The second kappa shape index (κ2) is 14.9. The van der Waals surface area contributed by atoms with Crippen LogP contribution in [-0.2, 0) is 16.0 Å². The minimum Gasteiger partial charge on any atom is -0.493 e. The number of hydrogen-bond acceptors (Lipinski definition) is 7. The van der Waals surface area contributed by atoms with Crippen molar-refractivity contribution in [2.75, 3.05) is 27.4 Å². The number of imide groups is 1. The van der Waals surface area contributed by atoms with Gasteiger partial charge in [-0.2, -0.15) is 10.4 Å². The molecule has 5 rings (SSSR count). The number of nitrogens with zero attached hydrogens (tertiary/aromatic N) is 4. The first kappa shape index (κ1) is 33.7. The van der Waals surface area contributed by atoms with E-state index in [-0.39, 0.29) is 17.7 Å². The number of methoxy groups -OCH3 is 2. The highest BCUT2D eigenvalue weighted by molar-refractivity contribution is 6.19. The first-order valence-corrected chi connectivity index (χ1v) is 15.9. The molecule has 0 N–H and O–H groups in total. The van der Waals surface area contributed by atoms with Crippen LogP contribution >= 0.6 is 0 Å². The maximum absolute atomic E-state index is 14.0. The standard InChI is InChI=1S/C39H40N4O5/c1-25(2)17-19-48-34-15-13-29(20-26(34)3)37-30(24-43(41-37)31-10-8-7-9-11-31)22-32-27(4)33(23-40)39(45)42(38(32)44)18-16-28-12-14-35(46-5)36(21-28)47-6/h7-15,20-22,24-25H,16-19H2,1-6H3/b32-22+. The van der Waals surface area contributed by atoms with Gasteiger partial charge in [-0.05, 0) is 97.8 Å². The summed E-state index contributed by atoms with van der Waals surface area (Å²) in [5.74, 6) is 1.40. The van der Waals surface area contributed by atoms with Crippen LogP contribution in [0.3, 0.4) is 0 Å². The average molecular weight is 645 g/mol. The summed E-state index contributed by atoms with van der Waals surface area (Å²) in [6.45, 7) is 8.68. The summed E-state index contributed by atoms with van der Waals surface area (Å²) >= 11 is 0. The van der Waals surface area contributed by atoms with Gasteiger partial charge in [-0.3, -0.25) is 14.5 Å². The van der Waals surface area contributed by atoms with E-state index < -0.39 is 11.8 Å². The van der Waals surface area contributed by atoms with E-state index in [1.54, 1.807) is 38.0 Å². The summed E-state index contributed by atoms with van der Waals surface area (Å²) in [6, 6.07) is 23.1. The van der Waals surface area contributed by atoms with Gasteiger partial charge < -0.3 is 14.2 Å². The number of benzene rings is 3. The molecule has 0 bridgehead atoms. The van der Waals surface area contributed by atoms with Crippen molar-refractivity contribution in [3.05, 3.63) is 106 Å². The van der Waals surface area contributed by atoms with Gasteiger partial charge in [0.15, 0.2) is 11.5 Å². The lowest BCUT2D eigenvalue weighted by Crippen LogP contribution is -2.43. The topological polar surface area (TPSA) is 107 Å². The van der Waals surface area contributed by atoms with Crippen LogP contribution in [0.5, 0.6) is 17.2 Å². The molecule has 0 spiro atoms. The lowest BCUT2D eigenvalue weighted by molar-refractivity contribution is -0.140. The number of ether oxygens (including phenoxy) is 3. The van der Waals surface area contributed by atoms with E-state index in [0.717, 1.165) is 39.4 Å². The number of carbonyl (C=O) groups excluding carboxylic acids is 2. The van der Waals surface area contributed by atoms with Gasteiger partial charge in [0.1, 0.15) is 17.4 Å². The molecular weight excluding hydrogens is 604 g/mol. The van der Waals surface area contributed by atoms with Crippen LogP contribution in [-0.4, -0.2) is 53.9 Å². The Morgan fingerprint density at radius 2 is 1.65 bits per heavy atom. The van der Waals surface area contributed by atoms with Crippen molar-refractivity contribution in [1.82, 2.24) is 14.7 Å². The van der Waals surface area contributed by atoms with Gasteiger partial charge in [-0.15, -0.1) is 0 Å². The summed E-state index contributed by atoms with van der Waals surface area (Å²) in [4.78, 5) is 28.6. The number of para-hydroxylation sites is 1. The largest absolute Gasteiger partial charge is 0.493 e. The Labute approximate surface area is 281 Å². The minimum absolute atomic E-state index is 0.0658. The van der Waals surface area contributed by atoms with E-state index in [2.05, 4.69) is 13.8 Å². The van der Waals surface area contributed by atoms with Crippen LogP contribution in [0, 0.1) is 24.2 Å². The van der Waals surface area contributed by atoms with Gasteiger partial charge in [0.25, 0.3) is 11.8 Å². The molecule has 0 fully saturated rings. The molecule has 0 unspecified atom stereocenters. The molecule has 1 aromatic heterocycles. The zero-order valence-electron chi connectivity index (χ0n) is 28.2. The van der Waals surface area contributed by atoms with Crippen molar-refractivity contribution in [3.8, 4) is 40.3 Å². The molecule has 0 radical (unpaired) electrons. The van der Waals surface area contributed by atoms with Crippen LogP contribution in [0.1, 0.15) is 43.9 Å². The SMILES string of the molecule is COc1ccc(CCN2C(=O)C(C#N)=C(C)/C(=C\c3cn(-c4ccccc4)nc3-c3ccc(OCCC(C)C)c(C)c3)C2=O)cc1OC. The number of rotatable bonds is 12. The van der Waals surface area contributed by atoms with E-state index in [9.17, 15) is 14.9 Å². The average Bonchev–Trinajstić information content (AvgIpc) is 3.51. The third-order valence-corrected chi connectivity index (χ3v) is 8.36. The molecule has 0 saturated heterocycles. The van der Waals surface area contributed by atoms with Gasteiger partial charge >= 0.3 is 0 Å². The highest BCUT2D eigenvalue weighted by Gasteiger charge is 2.35. The summed E-state index contributed by atoms with van der Waals surface area (Å²) in [7, 11) is 3.11. The Hall–Kier alpha value is -5.62. The summed E-state index contributed by atoms with van der Waals surface area (Å²) in [6.07, 6.45) is 4.91. The van der Waals surface area contributed by atoms with Gasteiger partial charge in [0, 0.05) is 29.4 Å². The molecule has 9 nitrogen and oxygen atoms in total. The second-order valence-corrected chi connectivity index (χ2v) is 12.1. The highest BCUT2D eigenvalue weighted by Crippen LogP contribution is 2.34. The Bertz CT molecular complexity index is 1930. The molecule has 2 amide bonds. The molecule has 48 heavy (non-hydrogen) atoms. The third-order valence-electron chi connectivity index (χ3n) is 8.36. The van der Waals surface area contributed by atoms with Crippen molar-refractivity contribution in [2.45, 2.75) is 40.5 Å². The third kappa shape index (κ3) is 7.18. The second-order valence-electron chi connectivity index (χ2n) is 12.1. The molecule has 0 atom stereocenters. The number of carbonyl (C=O) groups is 2. The fraction of sp³-hybridized carbons (Fsp3) is 0.282. The monoisotopic (exact) mass is 644 g/mol. The summed E-state index contributed by atoms with van der Waals surface area (Å²) < 4.78 is 18.6. The Morgan fingerprint density at radius 3 is 2.31 bits per heavy atom.